The number of carbonyl (C=O) groups is 1. The molecule has 0 aliphatic heterocycles. The van der Waals surface area contributed by atoms with E-state index >= 15 is 0 Å². The van der Waals surface area contributed by atoms with Crippen LogP contribution in [0.5, 0.6) is 0 Å². The van der Waals surface area contributed by atoms with Gasteiger partial charge in [0, 0.05) is 34.6 Å². The summed E-state index contributed by atoms with van der Waals surface area (Å²) in [5, 5.41) is 13.9. The highest BCUT2D eigenvalue weighted by molar-refractivity contribution is 5.97. The molecule has 3 saturated carbocycles. The molecular formula is C25H21F3N4O2. The molecule has 0 spiro atoms. The van der Waals surface area contributed by atoms with Crippen LogP contribution in [-0.4, -0.2) is 32.1 Å². The maximum atomic E-state index is 14.8. The Morgan fingerprint density at radius 1 is 1.00 bits per heavy atom. The molecule has 7 rings (SSSR count). The summed E-state index contributed by atoms with van der Waals surface area (Å²) in [5.74, 6) is -2.83. The first-order valence-electron chi connectivity index (χ1n) is 11.3. The number of halogens is 3. The predicted octanol–water partition coefficient (Wildman–Crippen LogP) is 5.50. The molecule has 34 heavy (non-hydrogen) atoms. The number of H-pyrrole nitrogens is 1. The average Bonchev–Trinajstić information content (AvgIpc) is 3.24. The molecule has 174 valence electrons. The Kier molecular flexibility index (Phi) is 4.75. The number of hydrogen-bond donors (Lipinski definition) is 3. The molecule has 2 aromatic carbocycles. The zero-order valence-corrected chi connectivity index (χ0v) is 18.0. The highest BCUT2D eigenvalue weighted by atomic mass is 19.1. The van der Waals surface area contributed by atoms with Gasteiger partial charge in [-0.3, -0.25) is 4.79 Å². The van der Waals surface area contributed by atoms with Crippen molar-refractivity contribution in [2.24, 2.45) is 17.8 Å². The van der Waals surface area contributed by atoms with Crippen LogP contribution in [0.15, 0.2) is 36.5 Å². The first-order valence-corrected chi connectivity index (χ1v) is 11.3. The number of anilines is 1. The van der Waals surface area contributed by atoms with Gasteiger partial charge in [0.1, 0.15) is 28.8 Å². The zero-order chi connectivity index (χ0) is 23.6. The summed E-state index contributed by atoms with van der Waals surface area (Å²) in [7, 11) is 0. The van der Waals surface area contributed by atoms with Crippen LogP contribution in [-0.2, 0) is 4.79 Å². The Hall–Kier alpha value is -3.62. The van der Waals surface area contributed by atoms with Crippen LogP contribution >= 0.6 is 0 Å². The molecule has 0 amide bonds. The van der Waals surface area contributed by atoms with E-state index in [0.717, 1.165) is 31.7 Å². The second kappa shape index (κ2) is 7.72. The lowest BCUT2D eigenvalue weighted by atomic mass is 9.61. The SMILES string of the molecule is O=C(O)[C@H]1C2CCC(CC2)[C@@H]1Nc1nc(-c2c[nH]c3c(F)cc(F)cc23)nc2c(F)cccc12. The summed E-state index contributed by atoms with van der Waals surface area (Å²) >= 11 is 0. The van der Waals surface area contributed by atoms with Crippen molar-refractivity contribution in [2.75, 3.05) is 5.32 Å². The summed E-state index contributed by atoms with van der Waals surface area (Å²) in [6.45, 7) is 0. The maximum Gasteiger partial charge on any atom is 0.308 e. The molecule has 9 heteroatoms. The molecule has 3 aliphatic rings. The number of nitrogens with one attached hydrogen (secondary N) is 2. The fourth-order valence-electron chi connectivity index (χ4n) is 5.86. The highest BCUT2D eigenvalue weighted by Gasteiger charge is 2.47. The third kappa shape index (κ3) is 3.21. The van der Waals surface area contributed by atoms with Crippen LogP contribution in [0.2, 0.25) is 0 Å². The fraction of sp³-hybridized carbons (Fsp3) is 0.320. The number of benzene rings is 2. The summed E-state index contributed by atoms with van der Waals surface area (Å²) in [6.07, 6.45) is 5.09. The van der Waals surface area contributed by atoms with Gasteiger partial charge in [-0.2, -0.15) is 0 Å². The number of aromatic amines is 1. The van der Waals surface area contributed by atoms with Crippen molar-refractivity contribution in [1.29, 1.82) is 0 Å². The number of nitrogens with zero attached hydrogens (tertiary/aromatic N) is 2. The quantitative estimate of drug-likeness (QED) is 0.370. The average molecular weight is 466 g/mol. The van der Waals surface area contributed by atoms with Crippen molar-refractivity contribution in [3.63, 3.8) is 0 Å². The lowest BCUT2D eigenvalue weighted by Crippen LogP contribution is -2.51. The van der Waals surface area contributed by atoms with Gasteiger partial charge in [-0.15, -0.1) is 0 Å². The Morgan fingerprint density at radius 3 is 2.53 bits per heavy atom. The van der Waals surface area contributed by atoms with Crippen LogP contribution < -0.4 is 5.32 Å². The molecule has 0 radical (unpaired) electrons. The number of para-hydroxylation sites is 1. The van der Waals surface area contributed by atoms with Gasteiger partial charge in [0.05, 0.1) is 11.4 Å². The van der Waals surface area contributed by atoms with Gasteiger partial charge in [-0.05, 0) is 55.7 Å². The van der Waals surface area contributed by atoms with E-state index < -0.39 is 29.3 Å². The molecule has 3 fully saturated rings. The third-order valence-corrected chi connectivity index (χ3v) is 7.43. The molecule has 0 unspecified atom stereocenters. The molecule has 4 aromatic rings. The standard InChI is InChI=1S/C25H21F3N4O2/c26-13-8-15-16(10-29-21(15)18(28)9-13)24-31-22-14(2-1-3-17(22)27)23(32-24)30-20-12-6-4-11(5-7-12)19(20)25(33)34/h1-3,8-12,19-20,29H,4-7H2,(H,33,34)(H,30,31,32)/t11?,12?,19-,20-/m0/s1. The Bertz CT molecular complexity index is 1450. The van der Waals surface area contributed by atoms with E-state index in [4.69, 9.17) is 0 Å². The number of rotatable bonds is 4. The Morgan fingerprint density at radius 2 is 1.76 bits per heavy atom. The smallest absolute Gasteiger partial charge is 0.308 e. The molecule has 6 nitrogen and oxygen atoms in total. The largest absolute Gasteiger partial charge is 0.481 e. The maximum absolute atomic E-state index is 14.8. The van der Waals surface area contributed by atoms with Crippen molar-refractivity contribution in [3.05, 3.63) is 54.0 Å². The number of aromatic nitrogens is 3. The van der Waals surface area contributed by atoms with Crippen molar-refractivity contribution < 1.29 is 23.1 Å². The van der Waals surface area contributed by atoms with Crippen LogP contribution in [0.25, 0.3) is 33.2 Å². The van der Waals surface area contributed by atoms with Gasteiger partial charge >= 0.3 is 5.97 Å². The number of carboxylic acids is 1. The monoisotopic (exact) mass is 466 g/mol. The van der Waals surface area contributed by atoms with Gasteiger partial charge in [0.25, 0.3) is 0 Å². The second-order valence-corrected chi connectivity index (χ2v) is 9.25. The lowest BCUT2D eigenvalue weighted by Gasteiger charge is -2.47. The van der Waals surface area contributed by atoms with E-state index in [-0.39, 0.29) is 40.1 Å². The summed E-state index contributed by atoms with van der Waals surface area (Å²) in [5.41, 5.74) is 0.467. The Balaban J connectivity index is 1.52. The van der Waals surface area contributed by atoms with E-state index in [1.165, 1.54) is 18.3 Å². The topological polar surface area (TPSA) is 90.9 Å². The Labute approximate surface area is 192 Å². The summed E-state index contributed by atoms with van der Waals surface area (Å²) < 4.78 is 43.0. The van der Waals surface area contributed by atoms with Crippen LogP contribution in [0.3, 0.4) is 0 Å². The molecule has 3 N–H and O–H groups in total. The summed E-state index contributed by atoms with van der Waals surface area (Å²) in [6, 6.07) is 6.10. The number of aliphatic carboxylic acids is 1. The van der Waals surface area contributed by atoms with Crippen molar-refractivity contribution >= 4 is 33.6 Å². The molecule has 0 saturated heterocycles. The van der Waals surface area contributed by atoms with Gasteiger partial charge in [0.15, 0.2) is 5.82 Å². The van der Waals surface area contributed by atoms with Crippen molar-refractivity contribution in [3.8, 4) is 11.4 Å². The van der Waals surface area contributed by atoms with Crippen LogP contribution in [0, 0.1) is 35.2 Å². The third-order valence-electron chi connectivity index (χ3n) is 7.43. The van der Waals surface area contributed by atoms with Crippen LogP contribution in [0.4, 0.5) is 19.0 Å². The lowest BCUT2D eigenvalue weighted by molar-refractivity contribution is -0.148. The number of hydrogen-bond acceptors (Lipinski definition) is 4. The van der Waals surface area contributed by atoms with Crippen molar-refractivity contribution in [1.82, 2.24) is 15.0 Å². The number of fused-ring (bicyclic) bond motifs is 5. The molecule has 2 heterocycles. The van der Waals surface area contributed by atoms with Gasteiger partial charge in [-0.1, -0.05) is 6.07 Å². The predicted molar refractivity (Wildman–Crippen MR) is 121 cm³/mol. The van der Waals surface area contributed by atoms with E-state index in [2.05, 4.69) is 20.3 Å². The summed E-state index contributed by atoms with van der Waals surface area (Å²) in [4.78, 5) is 23.9. The zero-order valence-electron chi connectivity index (χ0n) is 18.0. The minimum Gasteiger partial charge on any atom is -0.481 e. The molecule has 2 atom stereocenters. The van der Waals surface area contributed by atoms with Crippen molar-refractivity contribution in [2.45, 2.75) is 31.7 Å². The van der Waals surface area contributed by atoms with Gasteiger partial charge in [0.2, 0.25) is 0 Å². The molecular weight excluding hydrogens is 445 g/mol. The molecule has 3 aliphatic carbocycles. The minimum absolute atomic E-state index is 0.0501. The van der Waals surface area contributed by atoms with Crippen LogP contribution in [0.1, 0.15) is 25.7 Å². The van der Waals surface area contributed by atoms with E-state index in [1.54, 1.807) is 12.1 Å². The van der Waals surface area contributed by atoms with E-state index in [0.29, 0.717) is 16.8 Å². The van der Waals surface area contributed by atoms with Gasteiger partial charge in [-0.25, -0.2) is 23.1 Å². The van der Waals surface area contributed by atoms with Gasteiger partial charge < -0.3 is 15.4 Å². The second-order valence-electron chi connectivity index (χ2n) is 9.25. The first kappa shape index (κ1) is 20.9. The first-order chi connectivity index (χ1) is 16.4. The fourth-order valence-corrected chi connectivity index (χ4v) is 5.86. The van der Waals surface area contributed by atoms with E-state index in [9.17, 15) is 23.1 Å². The number of carboxylic acid groups (broad SMARTS) is 1. The minimum atomic E-state index is -0.848. The van der Waals surface area contributed by atoms with E-state index in [1.807, 2.05) is 0 Å². The molecule has 2 bridgehead atoms. The molecule has 2 aromatic heterocycles. The normalized spacial score (nSPS) is 24.1. The highest BCUT2D eigenvalue weighted by Crippen LogP contribution is 2.46.